The molecule has 3 aromatic carbocycles. The molecule has 0 fully saturated rings. The van der Waals surface area contributed by atoms with Gasteiger partial charge in [-0.05, 0) is 60.5 Å². The normalized spacial score (nSPS) is 11.4. The first-order chi connectivity index (χ1) is 15.8. The number of anilines is 2. The third-order valence-corrected chi connectivity index (χ3v) is 6.96. The molecular weight excluding hydrogens is 438 g/mol. The van der Waals surface area contributed by atoms with Crippen molar-refractivity contribution in [1.82, 2.24) is 4.57 Å². The SMILES string of the molecule is COc1ccc(NS(=O)(=O)c2cc(NC(=O)Cc3cn(C)c4ccccc34)ccc2C)cc1. The van der Waals surface area contributed by atoms with Crippen molar-refractivity contribution < 1.29 is 17.9 Å². The van der Waals surface area contributed by atoms with E-state index >= 15 is 0 Å². The molecule has 33 heavy (non-hydrogen) atoms. The first kappa shape index (κ1) is 22.4. The highest BCUT2D eigenvalue weighted by atomic mass is 32.2. The van der Waals surface area contributed by atoms with Crippen molar-refractivity contribution in [3.8, 4) is 5.75 Å². The lowest BCUT2D eigenvalue weighted by atomic mass is 10.1. The van der Waals surface area contributed by atoms with Gasteiger partial charge in [-0.1, -0.05) is 24.3 Å². The fourth-order valence-corrected chi connectivity index (χ4v) is 5.11. The zero-order valence-corrected chi connectivity index (χ0v) is 19.4. The van der Waals surface area contributed by atoms with Crippen molar-refractivity contribution in [2.75, 3.05) is 17.1 Å². The second-order valence-electron chi connectivity index (χ2n) is 7.82. The maximum atomic E-state index is 13.0. The van der Waals surface area contributed by atoms with E-state index in [2.05, 4.69) is 10.0 Å². The minimum atomic E-state index is -3.85. The molecule has 4 aromatic rings. The number of benzene rings is 3. The smallest absolute Gasteiger partial charge is 0.262 e. The van der Waals surface area contributed by atoms with Crippen molar-refractivity contribution in [2.45, 2.75) is 18.2 Å². The predicted molar refractivity (Wildman–Crippen MR) is 130 cm³/mol. The maximum absolute atomic E-state index is 13.0. The van der Waals surface area contributed by atoms with Crippen LogP contribution in [0, 0.1) is 6.92 Å². The maximum Gasteiger partial charge on any atom is 0.262 e. The van der Waals surface area contributed by atoms with Gasteiger partial charge in [0, 0.05) is 35.5 Å². The van der Waals surface area contributed by atoms with Gasteiger partial charge in [0.1, 0.15) is 5.75 Å². The fourth-order valence-electron chi connectivity index (χ4n) is 3.78. The molecule has 1 aromatic heterocycles. The molecule has 0 radical (unpaired) electrons. The number of nitrogens with zero attached hydrogens (tertiary/aromatic N) is 1. The van der Waals surface area contributed by atoms with Crippen LogP contribution in [0.1, 0.15) is 11.1 Å². The molecule has 0 atom stereocenters. The molecule has 0 aliphatic carbocycles. The fraction of sp³-hybridized carbons (Fsp3) is 0.160. The Labute approximate surface area is 193 Å². The van der Waals surface area contributed by atoms with Crippen LogP contribution in [0.2, 0.25) is 0 Å². The van der Waals surface area contributed by atoms with Crippen molar-refractivity contribution in [3.05, 3.63) is 84.1 Å². The van der Waals surface area contributed by atoms with E-state index in [-0.39, 0.29) is 17.2 Å². The number of hydrogen-bond donors (Lipinski definition) is 2. The Morgan fingerprint density at radius 1 is 1.00 bits per heavy atom. The molecule has 7 nitrogen and oxygen atoms in total. The van der Waals surface area contributed by atoms with Crippen molar-refractivity contribution in [2.24, 2.45) is 7.05 Å². The summed E-state index contributed by atoms with van der Waals surface area (Å²) < 4.78 is 35.7. The van der Waals surface area contributed by atoms with Crippen molar-refractivity contribution >= 4 is 38.2 Å². The average molecular weight is 464 g/mol. The monoisotopic (exact) mass is 463 g/mol. The third-order valence-electron chi connectivity index (χ3n) is 5.43. The molecule has 0 aliphatic rings. The third kappa shape index (κ3) is 4.85. The Morgan fingerprint density at radius 3 is 2.42 bits per heavy atom. The van der Waals surface area contributed by atoms with Crippen LogP contribution in [0.5, 0.6) is 5.75 Å². The minimum Gasteiger partial charge on any atom is -0.497 e. The van der Waals surface area contributed by atoms with Gasteiger partial charge in [-0.3, -0.25) is 9.52 Å². The van der Waals surface area contributed by atoms with Gasteiger partial charge < -0.3 is 14.6 Å². The molecule has 170 valence electrons. The molecule has 0 bridgehead atoms. The molecule has 4 rings (SSSR count). The zero-order valence-electron chi connectivity index (χ0n) is 18.6. The summed E-state index contributed by atoms with van der Waals surface area (Å²) in [4.78, 5) is 12.8. The van der Waals surface area contributed by atoms with E-state index in [4.69, 9.17) is 4.74 Å². The van der Waals surface area contributed by atoms with E-state index < -0.39 is 10.0 Å². The van der Waals surface area contributed by atoms with E-state index in [1.165, 1.54) is 6.07 Å². The van der Waals surface area contributed by atoms with Crippen LogP contribution in [0.4, 0.5) is 11.4 Å². The van der Waals surface area contributed by atoms with Crippen LogP contribution in [0.3, 0.4) is 0 Å². The van der Waals surface area contributed by atoms with Crippen LogP contribution in [-0.2, 0) is 28.3 Å². The number of rotatable bonds is 7. The standard InChI is InChI=1S/C25H25N3O4S/c1-17-8-9-20(15-24(17)33(30,31)27-19-10-12-21(32-3)13-11-19)26-25(29)14-18-16-28(2)23-7-5-4-6-22(18)23/h4-13,15-16,27H,14H2,1-3H3,(H,26,29). The predicted octanol–water partition coefficient (Wildman–Crippen LogP) is 4.48. The summed E-state index contributed by atoms with van der Waals surface area (Å²) in [5.41, 5.74) is 3.37. The highest BCUT2D eigenvalue weighted by molar-refractivity contribution is 7.92. The summed E-state index contributed by atoms with van der Waals surface area (Å²) in [6.07, 6.45) is 2.12. The summed E-state index contributed by atoms with van der Waals surface area (Å²) in [6, 6.07) is 19.3. The summed E-state index contributed by atoms with van der Waals surface area (Å²) in [6.45, 7) is 1.71. The molecule has 1 amide bonds. The number of carbonyl (C=O) groups excluding carboxylic acids is 1. The Morgan fingerprint density at radius 2 is 1.70 bits per heavy atom. The largest absolute Gasteiger partial charge is 0.497 e. The quantitative estimate of drug-likeness (QED) is 0.423. The van der Waals surface area contributed by atoms with E-state index in [0.717, 1.165) is 16.5 Å². The average Bonchev–Trinajstić information content (AvgIpc) is 3.10. The van der Waals surface area contributed by atoms with Gasteiger partial charge in [0.15, 0.2) is 0 Å². The number of hydrogen-bond acceptors (Lipinski definition) is 4. The highest BCUT2D eigenvalue weighted by Crippen LogP contribution is 2.25. The van der Waals surface area contributed by atoms with Gasteiger partial charge in [0.25, 0.3) is 10.0 Å². The van der Waals surface area contributed by atoms with E-state index in [1.54, 1.807) is 50.4 Å². The molecule has 0 spiro atoms. The Balaban J connectivity index is 1.53. The first-order valence-electron chi connectivity index (χ1n) is 10.4. The van der Waals surface area contributed by atoms with Gasteiger partial charge >= 0.3 is 0 Å². The molecule has 2 N–H and O–H groups in total. The number of methoxy groups -OCH3 is 1. The van der Waals surface area contributed by atoms with Crippen LogP contribution in [0.15, 0.2) is 77.8 Å². The molecule has 0 aliphatic heterocycles. The number of fused-ring (bicyclic) bond motifs is 1. The number of ether oxygens (including phenoxy) is 1. The van der Waals surface area contributed by atoms with E-state index in [9.17, 15) is 13.2 Å². The second kappa shape index (κ2) is 8.99. The number of aryl methyl sites for hydroxylation is 2. The molecule has 0 unspecified atom stereocenters. The number of para-hydroxylation sites is 1. The number of amides is 1. The number of sulfonamides is 1. The van der Waals surface area contributed by atoms with Crippen molar-refractivity contribution in [1.29, 1.82) is 0 Å². The summed E-state index contributed by atoms with van der Waals surface area (Å²) >= 11 is 0. The number of aromatic nitrogens is 1. The molecule has 0 saturated heterocycles. The van der Waals surface area contributed by atoms with Gasteiger partial charge in [-0.15, -0.1) is 0 Å². The van der Waals surface area contributed by atoms with Gasteiger partial charge in [-0.2, -0.15) is 0 Å². The van der Waals surface area contributed by atoms with Crippen LogP contribution in [0.25, 0.3) is 10.9 Å². The van der Waals surface area contributed by atoms with Crippen LogP contribution in [-0.4, -0.2) is 26.0 Å². The Bertz CT molecular complexity index is 1420. The van der Waals surface area contributed by atoms with Crippen LogP contribution >= 0.6 is 0 Å². The van der Waals surface area contributed by atoms with E-state index in [1.807, 2.05) is 42.1 Å². The number of nitrogens with one attached hydrogen (secondary N) is 2. The summed E-state index contributed by atoms with van der Waals surface area (Å²) in [5.74, 6) is 0.409. The lowest BCUT2D eigenvalue weighted by Crippen LogP contribution is -2.17. The summed E-state index contributed by atoms with van der Waals surface area (Å²) in [5, 5.41) is 3.85. The van der Waals surface area contributed by atoms with E-state index in [0.29, 0.717) is 22.7 Å². The lowest BCUT2D eigenvalue weighted by Gasteiger charge is -2.13. The summed E-state index contributed by atoms with van der Waals surface area (Å²) in [7, 11) is -0.366. The van der Waals surface area contributed by atoms with Gasteiger partial charge in [-0.25, -0.2) is 8.42 Å². The number of carbonyl (C=O) groups is 1. The molecule has 0 saturated carbocycles. The molecule has 1 heterocycles. The minimum absolute atomic E-state index is 0.0984. The van der Waals surface area contributed by atoms with Crippen molar-refractivity contribution in [3.63, 3.8) is 0 Å². The molecule has 8 heteroatoms. The first-order valence-corrected chi connectivity index (χ1v) is 11.9. The van der Waals surface area contributed by atoms with Gasteiger partial charge in [0.05, 0.1) is 18.4 Å². The van der Waals surface area contributed by atoms with Gasteiger partial charge in [0.2, 0.25) is 5.91 Å². The Kier molecular flexibility index (Phi) is 6.11. The van der Waals surface area contributed by atoms with Crippen LogP contribution < -0.4 is 14.8 Å². The topological polar surface area (TPSA) is 89.4 Å². The lowest BCUT2D eigenvalue weighted by molar-refractivity contribution is -0.115. The zero-order chi connectivity index (χ0) is 23.6. The Hall–Kier alpha value is -3.78. The second-order valence-corrected chi connectivity index (χ2v) is 9.47. The highest BCUT2D eigenvalue weighted by Gasteiger charge is 2.19. The molecular formula is C25H25N3O4S.